The summed E-state index contributed by atoms with van der Waals surface area (Å²) in [7, 11) is 0. The third-order valence-corrected chi connectivity index (χ3v) is 3.64. The minimum atomic E-state index is 0.112. The lowest BCUT2D eigenvalue weighted by atomic mass is 9.95. The summed E-state index contributed by atoms with van der Waals surface area (Å²) in [5, 5.41) is 3.23. The largest absolute Gasteiger partial charge is 0.353 e. The summed E-state index contributed by atoms with van der Waals surface area (Å²) in [6, 6.07) is 0.387. The Balaban J connectivity index is 2.08. The number of amides is 1. The monoisotopic (exact) mass is 243 g/mol. The molecule has 0 spiro atoms. The molecule has 1 saturated carbocycles. The van der Waals surface area contributed by atoms with E-state index in [1.54, 1.807) is 6.26 Å². The van der Waals surface area contributed by atoms with Gasteiger partial charge in [0.15, 0.2) is 5.12 Å². The molecular weight excluding hydrogens is 222 g/mol. The molecule has 0 aromatic carbocycles. The van der Waals surface area contributed by atoms with Crippen LogP contribution < -0.4 is 5.32 Å². The predicted octanol–water partition coefficient (Wildman–Crippen LogP) is 2.50. The van der Waals surface area contributed by atoms with Gasteiger partial charge in [0.25, 0.3) is 0 Å². The molecule has 3 nitrogen and oxygen atoms in total. The van der Waals surface area contributed by atoms with Crippen LogP contribution in [0.3, 0.4) is 0 Å². The van der Waals surface area contributed by atoms with E-state index in [0.717, 1.165) is 12.8 Å². The van der Waals surface area contributed by atoms with Crippen LogP contribution >= 0.6 is 11.8 Å². The molecule has 0 atom stereocenters. The van der Waals surface area contributed by atoms with Crippen LogP contribution in [0.15, 0.2) is 0 Å². The number of hydrogen-bond donors (Lipinski definition) is 1. The molecule has 1 amide bonds. The van der Waals surface area contributed by atoms with Gasteiger partial charge in [0.1, 0.15) is 0 Å². The van der Waals surface area contributed by atoms with Crippen LogP contribution in [-0.4, -0.2) is 23.3 Å². The Hall–Kier alpha value is -0.510. The molecule has 0 unspecified atom stereocenters. The van der Waals surface area contributed by atoms with E-state index in [2.05, 4.69) is 5.32 Å². The Morgan fingerprint density at radius 2 is 1.88 bits per heavy atom. The van der Waals surface area contributed by atoms with E-state index in [0.29, 0.717) is 25.3 Å². The van der Waals surface area contributed by atoms with Crippen molar-refractivity contribution in [1.82, 2.24) is 5.32 Å². The van der Waals surface area contributed by atoms with Gasteiger partial charge in [-0.1, -0.05) is 31.0 Å². The van der Waals surface area contributed by atoms with Crippen molar-refractivity contribution >= 4 is 22.8 Å². The summed E-state index contributed by atoms with van der Waals surface area (Å²) in [5.41, 5.74) is 0. The number of carbonyl (C=O) groups excluding carboxylic acids is 2. The second-order valence-corrected chi connectivity index (χ2v) is 5.20. The summed E-state index contributed by atoms with van der Waals surface area (Å²) in [6.07, 6.45) is 9.47. The van der Waals surface area contributed by atoms with Crippen molar-refractivity contribution in [2.24, 2.45) is 0 Å². The molecule has 1 aliphatic carbocycles. The highest BCUT2D eigenvalue weighted by atomic mass is 32.2. The third-order valence-electron chi connectivity index (χ3n) is 2.98. The van der Waals surface area contributed by atoms with Gasteiger partial charge in [-0.05, 0) is 25.5 Å². The van der Waals surface area contributed by atoms with Crippen molar-refractivity contribution in [3.63, 3.8) is 0 Å². The molecular formula is C12H21NO2S. The van der Waals surface area contributed by atoms with Crippen LogP contribution in [0, 0.1) is 0 Å². The first-order valence-electron chi connectivity index (χ1n) is 6.08. The van der Waals surface area contributed by atoms with Gasteiger partial charge in [-0.3, -0.25) is 9.59 Å². The molecule has 92 valence electrons. The topological polar surface area (TPSA) is 46.2 Å². The lowest BCUT2D eigenvalue weighted by Crippen LogP contribution is -2.36. The normalized spacial score (nSPS) is 17.1. The first-order chi connectivity index (χ1) is 7.72. The van der Waals surface area contributed by atoms with Gasteiger partial charge in [-0.15, -0.1) is 0 Å². The smallest absolute Gasteiger partial charge is 0.220 e. The van der Waals surface area contributed by atoms with E-state index in [1.807, 2.05) is 0 Å². The van der Waals surface area contributed by atoms with Crippen molar-refractivity contribution < 1.29 is 9.59 Å². The standard InChI is InChI=1S/C12H21NO2S/c1-16-12(15)9-5-8-11(14)13-10-6-3-2-4-7-10/h10H,2-9H2,1H3,(H,13,14). The molecule has 16 heavy (non-hydrogen) atoms. The van der Waals surface area contributed by atoms with Gasteiger partial charge in [0.2, 0.25) is 5.91 Å². The van der Waals surface area contributed by atoms with Crippen molar-refractivity contribution in [2.75, 3.05) is 6.26 Å². The zero-order valence-electron chi connectivity index (χ0n) is 9.96. The highest BCUT2D eigenvalue weighted by Crippen LogP contribution is 2.17. The second kappa shape index (κ2) is 7.71. The van der Waals surface area contributed by atoms with E-state index in [-0.39, 0.29) is 11.0 Å². The van der Waals surface area contributed by atoms with E-state index in [9.17, 15) is 9.59 Å². The molecule has 1 N–H and O–H groups in total. The van der Waals surface area contributed by atoms with Gasteiger partial charge in [-0.2, -0.15) is 0 Å². The maximum atomic E-state index is 11.6. The van der Waals surface area contributed by atoms with Gasteiger partial charge in [0, 0.05) is 18.9 Å². The average molecular weight is 243 g/mol. The number of nitrogens with one attached hydrogen (secondary N) is 1. The average Bonchev–Trinajstić information content (AvgIpc) is 2.30. The molecule has 0 radical (unpaired) electrons. The zero-order chi connectivity index (χ0) is 11.8. The van der Waals surface area contributed by atoms with Crippen LogP contribution in [-0.2, 0) is 9.59 Å². The fraction of sp³-hybridized carbons (Fsp3) is 0.833. The van der Waals surface area contributed by atoms with Crippen LogP contribution in [0.2, 0.25) is 0 Å². The fourth-order valence-corrected chi connectivity index (χ4v) is 2.39. The van der Waals surface area contributed by atoms with Crippen LogP contribution in [0.5, 0.6) is 0 Å². The number of thioether (sulfide) groups is 1. The Kier molecular flexibility index (Phi) is 6.53. The molecule has 0 aromatic rings. The molecule has 0 saturated heterocycles. The van der Waals surface area contributed by atoms with Gasteiger partial charge < -0.3 is 5.32 Å². The van der Waals surface area contributed by atoms with Crippen LogP contribution in [0.1, 0.15) is 51.4 Å². The van der Waals surface area contributed by atoms with Crippen molar-refractivity contribution in [2.45, 2.75) is 57.4 Å². The van der Waals surface area contributed by atoms with E-state index in [1.165, 1.54) is 31.0 Å². The third kappa shape index (κ3) is 5.54. The summed E-state index contributed by atoms with van der Waals surface area (Å²) in [4.78, 5) is 22.6. The first kappa shape index (κ1) is 13.6. The summed E-state index contributed by atoms with van der Waals surface area (Å²) in [5.74, 6) is 0.112. The maximum Gasteiger partial charge on any atom is 0.220 e. The quantitative estimate of drug-likeness (QED) is 0.807. The van der Waals surface area contributed by atoms with Gasteiger partial charge >= 0.3 is 0 Å². The van der Waals surface area contributed by atoms with Gasteiger partial charge in [0.05, 0.1) is 0 Å². The molecule has 0 bridgehead atoms. The SMILES string of the molecule is CSC(=O)CCCC(=O)NC1CCCCC1. The maximum absolute atomic E-state index is 11.6. The van der Waals surface area contributed by atoms with E-state index in [4.69, 9.17) is 0 Å². The van der Waals surface area contributed by atoms with E-state index >= 15 is 0 Å². The Labute approximate surface area is 102 Å². The van der Waals surface area contributed by atoms with Crippen molar-refractivity contribution in [1.29, 1.82) is 0 Å². The Morgan fingerprint density at radius 1 is 1.19 bits per heavy atom. The number of hydrogen-bond acceptors (Lipinski definition) is 3. The first-order valence-corrected chi connectivity index (χ1v) is 7.31. The molecule has 1 fully saturated rings. The molecule has 1 rings (SSSR count). The Bertz CT molecular complexity index is 237. The summed E-state index contributed by atoms with van der Waals surface area (Å²) < 4.78 is 0. The minimum Gasteiger partial charge on any atom is -0.353 e. The van der Waals surface area contributed by atoms with Gasteiger partial charge in [-0.25, -0.2) is 0 Å². The predicted molar refractivity (Wildman–Crippen MR) is 67.4 cm³/mol. The van der Waals surface area contributed by atoms with Crippen molar-refractivity contribution in [3.05, 3.63) is 0 Å². The summed E-state index contributed by atoms with van der Waals surface area (Å²) in [6.45, 7) is 0. The van der Waals surface area contributed by atoms with Crippen molar-refractivity contribution in [3.8, 4) is 0 Å². The lowest BCUT2D eigenvalue weighted by molar-refractivity contribution is -0.122. The minimum absolute atomic E-state index is 0.112. The molecule has 1 aliphatic rings. The summed E-state index contributed by atoms with van der Waals surface area (Å²) >= 11 is 1.24. The lowest BCUT2D eigenvalue weighted by Gasteiger charge is -2.22. The number of carbonyl (C=O) groups is 2. The van der Waals surface area contributed by atoms with E-state index < -0.39 is 0 Å². The van der Waals surface area contributed by atoms with Crippen LogP contribution in [0.25, 0.3) is 0 Å². The molecule has 0 heterocycles. The second-order valence-electron chi connectivity index (χ2n) is 4.33. The zero-order valence-corrected chi connectivity index (χ0v) is 10.8. The highest BCUT2D eigenvalue weighted by molar-refractivity contribution is 8.13. The number of rotatable bonds is 5. The highest BCUT2D eigenvalue weighted by Gasteiger charge is 2.15. The molecule has 0 aromatic heterocycles. The fourth-order valence-electron chi connectivity index (χ4n) is 2.04. The van der Waals surface area contributed by atoms with Crippen LogP contribution in [0.4, 0.5) is 0 Å². The molecule has 0 aliphatic heterocycles. The Morgan fingerprint density at radius 3 is 2.50 bits per heavy atom. The molecule has 4 heteroatoms.